The number of benzene rings is 1. The van der Waals surface area contributed by atoms with Crippen molar-refractivity contribution in [1.29, 1.82) is 5.26 Å². The number of amides is 2. The molecule has 1 rings (SSSR count). The molecule has 1 aromatic carbocycles. The van der Waals surface area contributed by atoms with Crippen LogP contribution in [0, 0.1) is 11.3 Å². The largest absolute Gasteiger partial charge is 0.396 e. The van der Waals surface area contributed by atoms with E-state index in [1.54, 1.807) is 24.3 Å². The van der Waals surface area contributed by atoms with Crippen LogP contribution >= 0.6 is 0 Å². The predicted molar refractivity (Wildman–Crippen MR) is 59.9 cm³/mol. The van der Waals surface area contributed by atoms with Gasteiger partial charge < -0.3 is 15.7 Å². The molecular weight excluding hydrogens is 206 g/mol. The third-order valence-corrected chi connectivity index (χ3v) is 1.87. The zero-order valence-corrected chi connectivity index (χ0v) is 8.73. The fourth-order valence-electron chi connectivity index (χ4n) is 1.12. The second-order valence-electron chi connectivity index (χ2n) is 3.15. The molecule has 16 heavy (non-hydrogen) atoms. The number of carbonyl (C=O) groups excluding carboxylic acids is 1. The van der Waals surface area contributed by atoms with Crippen molar-refractivity contribution < 1.29 is 9.90 Å². The van der Waals surface area contributed by atoms with Gasteiger partial charge in [-0.1, -0.05) is 6.07 Å². The molecule has 0 aliphatic rings. The van der Waals surface area contributed by atoms with Crippen molar-refractivity contribution in [3.8, 4) is 6.07 Å². The van der Waals surface area contributed by atoms with Gasteiger partial charge in [0.2, 0.25) is 0 Å². The molecule has 3 N–H and O–H groups in total. The molecule has 0 radical (unpaired) electrons. The van der Waals surface area contributed by atoms with Crippen LogP contribution in [-0.4, -0.2) is 24.3 Å². The summed E-state index contributed by atoms with van der Waals surface area (Å²) in [7, 11) is 0. The number of hydrogen-bond donors (Lipinski definition) is 3. The zero-order chi connectivity index (χ0) is 11.8. The lowest BCUT2D eigenvalue weighted by Gasteiger charge is -2.06. The van der Waals surface area contributed by atoms with Crippen molar-refractivity contribution in [2.75, 3.05) is 18.5 Å². The van der Waals surface area contributed by atoms with Gasteiger partial charge in [0.15, 0.2) is 0 Å². The Morgan fingerprint density at radius 3 is 3.00 bits per heavy atom. The van der Waals surface area contributed by atoms with E-state index < -0.39 is 0 Å². The Balaban J connectivity index is 2.47. The summed E-state index contributed by atoms with van der Waals surface area (Å²) in [6.45, 7) is 0.463. The Morgan fingerprint density at radius 1 is 1.50 bits per heavy atom. The highest BCUT2D eigenvalue weighted by Crippen LogP contribution is 2.09. The summed E-state index contributed by atoms with van der Waals surface area (Å²) in [6.07, 6.45) is 0.519. The summed E-state index contributed by atoms with van der Waals surface area (Å²) < 4.78 is 0. The van der Waals surface area contributed by atoms with Gasteiger partial charge in [-0.3, -0.25) is 0 Å². The van der Waals surface area contributed by atoms with Gasteiger partial charge >= 0.3 is 6.03 Å². The van der Waals surface area contributed by atoms with Crippen LogP contribution in [0.1, 0.15) is 12.0 Å². The number of urea groups is 1. The fraction of sp³-hybridized carbons (Fsp3) is 0.273. The van der Waals surface area contributed by atoms with Crippen molar-refractivity contribution >= 4 is 11.7 Å². The summed E-state index contributed by atoms with van der Waals surface area (Å²) in [5, 5.41) is 22.4. The number of nitrogens with zero attached hydrogens (tertiary/aromatic N) is 1. The monoisotopic (exact) mass is 219 g/mol. The molecule has 0 saturated heterocycles. The van der Waals surface area contributed by atoms with Crippen LogP contribution in [0.3, 0.4) is 0 Å². The fourth-order valence-corrected chi connectivity index (χ4v) is 1.12. The highest BCUT2D eigenvalue weighted by Gasteiger charge is 2.00. The molecule has 0 heterocycles. The molecule has 0 aromatic heterocycles. The normalized spacial score (nSPS) is 9.25. The van der Waals surface area contributed by atoms with Crippen molar-refractivity contribution in [2.24, 2.45) is 0 Å². The molecule has 0 fully saturated rings. The Hall–Kier alpha value is -2.06. The standard InChI is InChI=1S/C11H13N3O2/c12-8-9-3-1-4-10(7-9)14-11(16)13-5-2-6-15/h1,3-4,7,15H,2,5-6H2,(H2,13,14,16). The second kappa shape index (κ2) is 6.43. The third kappa shape index (κ3) is 3.98. The van der Waals surface area contributed by atoms with E-state index in [0.29, 0.717) is 24.2 Å². The summed E-state index contributed by atoms with van der Waals surface area (Å²) in [5.74, 6) is 0. The minimum atomic E-state index is -0.344. The number of hydrogen-bond acceptors (Lipinski definition) is 3. The van der Waals surface area contributed by atoms with Crippen LogP contribution in [0.15, 0.2) is 24.3 Å². The minimum absolute atomic E-state index is 0.0458. The van der Waals surface area contributed by atoms with Crippen LogP contribution in [-0.2, 0) is 0 Å². The van der Waals surface area contributed by atoms with Crippen molar-refractivity contribution in [1.82, 2.24) is 5.32 Å². The number of aliphatic hydroxyl groups is 1. The molecule has 0 bridgehead atoms. The number of carbonyl (C=O) groups is 1. The average molecular weight is 219 g/mol. The lowest BCUT2D eigenvalue weighted by atomic mass is 10.2. The molecule has 0 unspecified atom stereocenters. The number of nitriles is 1. The summed E-state index contributed by atoms with van der Waals surface area (Å²) >= 11 is 0. The van der Waals surface area contributed by atoms with Crippen molar-refractivity contribution in [2.45, 2.75) is 6.42 Å². The van der Waals surface area contributed by atoms with Crippen LogP contribution < -0.4 is 10.6 Å². The van der Waals surface area contributed by atoms with Gasteiger partial charge in [-0.05, 0) is 24.6 Å². The third-order valence-electron chi connectivity index (χ3n) is 1.87. The number of rotatable bonds is 4. The maximum atomic E-state index is 11.3. The molecule has 5 heteroatoms. The first-order valence-corrected chi connectivity index (χ1v) is 4.92. The van der Waals surface area contributed by atoms with Crippen LogP contribution in [0.25, 0.3) is 0 Å². The molecule has 0 spiro atoms. The molecule has 0 atom stereocenters. The topological polar surface area (TPSA) is 85.2 Å². The average Bonchev–Trinajstić information content (AvgIpc) is 2.29. The summed E-state index contributed by atoms with van der Waals surface area (Å²) in [5.41, 5.74) is 1.06. The van der Waals surface area contributed by atoms with E-state index in [1.807, 2.05) is 6.07 Å². The SMILES string of the molecule is N#Cc1cccc(NC(=O)NCCCO)c1. The van der Waals surface area contributed by atoms with E-state index in [1.165, 1.54) is 0 Å². The molecule has 84 valence electrons. The second-order valence-corrected chi connectivity index (χ2v) is 3.15. The lowest BCUT2D eigenvalue weighted by molar-refractivity contribution is 0.249. The van der Waals surface area contributed by atoms with Crippen molar-refractivity contribution in [3.05, 3.63) is 29.8 Å². The predicted octanol–water partition coefficient (Wildman–Crippen LogP) is 1.06. The van der Waals surface area contributed by atoms with E-state index in [4.69, 9.17) is 10.4 Å². The first-order chi connectivity index (χ1) is 7.76. The Bertz CT molecular complexity index is 398. The van der Waals surface area contributed by atoms with Gasteiger partial charge in [-0.15, -0.1) is 0 Å². The summed E-state index contributed by atoms with van der Waals surface area (Å²) in [6, 6.07) is 8.29. The van der Waals surface area contributed by atoms with Gasteiger partial charge in [0, 0.05) is 18.8 Å². The van der Waals surface area contributed by atoms with Crippen molar-refractivity contribution in [3.63, 3.8) is 0 Å². The molecule has 5 nitrogen and oxygen atoms in total. The Kier molecular flexibility index (Phi) is 4.83. The number of nitrogens with one attached hydrogen (secondary N) is 2. The Morgan fingerprint density at radius 2 is 2.31 bits per heavy atom. The molecular formula is C11H13N3O2. The van der Waals surface area contributed by atoms with Gasteiger partial charge in [0.25, 0.3) is 0 Å². The minimum Gasteiger partial charge on any atom is -0.396 e. The molecule has 0 aliphatic heterocycles. The van der Waals surface area contributed by atoms with Crippen LogP contribution in [0.2, 0.25) is 0 Å². The van der Waals surface area contributed by atoms with E-state index in [9.17, 15) is 4.79 Å². The van der Waals surface area contributed by atoms with Gasteiger partial charge in [0.05, 0.1) is 11.6 Å². The quantitative estimate of drug-likeness (QED) is 0.662. The smallest absolute Gasteiger partial charge is 0.319 e. The molecule has 0 saturated carbocycles. The highest BCUT2D eigenvalue weighted by molar-refractivity contribution is 5.89. The van der Waals surface area contributed by atoms with Gasteiger partial charge in [0.1, 0.15) is 0 Å². The molecule has 0 aliphatic carbocycles. The lowest BCUT2D eigenvalue weighted by Crippen LogP contribution is -2.29. The molecule has 1 aromatic rings. The van der Waals surface area contributed by atoms with Crippen LogP contribution in [0.5, 0.6) is 0 Å². The first kappa shape index (κ1) is 12.0. The van der Waals surface area contributed by atoms with Crippen LogP contribution in [0.4, 0.5) is 10.5 Å². The maximum absolute atomic E-state index is 11.3. The zero-order valence-electron chi connectivity index (χ0n) is 8.73. The van der Waals surface area contributed by atoms with E-state index >= 15 is 0 Å². The summed E-state index contributed by atoms with van der Waals surface area (Å²) in [4.78, 5) is 11.3. The number of anilines is 1. The Labute approximate surface area is 93.7 Å². The molecule has 2 amide bonds. The van der Waals surface area contributed by atoms with Gasteiger partial charge in [-0.25, -0.2) is 4.79 Å². The van der Waals surface area contributed by atoms with E-state index in [-0.39, 0.29) is 12.6 Å². The maximum Gasteiger partial charge on any atom is 0.319 e. The van der Waals surface area contributed by atoms with Gasteiger partial charge in [-0.2, -0.15) is 5.26 Å². The number of aliphatic hydroxyl groups excluding tert-OH is 1. The highest BCUT2D eigenvalue weighted by atomic mass is 16.3. The van der Waals surface area contributed by atoms with E-state index in [2.05, 4.69) is 10.6 Å². The van der Waals surface area contributed by atoms with E-state index in [0.717, 1.165) is 0 Å². The first-order valence-electron chi connectivity index (χ1n) is 4.92.